The lowest BCUT2D eigenvalue weighted by atomic mass is 10.2. The fraction of sp³-hybridized carbons (Fsp3) is 0.462. The van der Waals surface area contributed by atoms with E-state index in [9.17, 15) is 0 Å². The van der Waals surface area contributed by atoms with Crippen molar-refractivity contribution in [3.05, 3.63) is 29.8 Å². The second-order valence-corrected chi connectivity index (χ2v) is 3.04. The van der Waals surface area contributed by atoms with E-state index in [1.165, 1.54) is 0 Å². The van der Waals surface area contributed by atoms with Crippen LogP contribution in [0.1, 0.15) is 33.3 Å². The minimum Gasteiger partial charge on any atom is -0.398 e. The average molecular weight is 255 g/mol. The molecule has 0 radical (unpaired) electrons. The van der Waals surface area contributed by atoms with E-state index in [-0.39, 0.29) is 0 Å². The van der Waals surface area contributed by atoms with Gasteiger partial charge in [-0.1, -0.05) is 45.9 Å². The normalized spacial score (nSPS) is 7.82. The minimum absolute atomic E-state index is 0.628. The van der Waals surface area contributed by atoms with Gasteiger partial charge in [0.2, 0.25) is 0 Å². The van der Waals surface area contributed by atoms with E-state index in [4.69, 9.17) is 18.0 Å². The zero-order chi connectivity index (χ0) is 13.7. The number of thiocarbonyl (C=S) groups is 1. The molecule has 0 spiro atoms. The SMILES string of the molecule is CC.CC.CNC(=S)NCc1ccccc1N. The van der Waals surface area contributed by atoms with E-state index in [1.807, 2.05) is 52.0 Å². The molecule has 0 aliphatic carbocycles. The largest absolute Gasteiger partial charge is 0.398 e. The second-order valence-electron chi connectivity index (χ2n) is 2.63. The molecule has 1 aromatic carbocycles. The van der Waals surface area contributed by atoms with Gasteiger partial charge in [0.25, 0.3) is 0 Å². The maximum atomic E-state index is 5.74. The molecular weight excluding hydrogens is 230 g/mol. The Morgan fingerprint density at radius 2 is 1.71 bits per heavy atom. The summed E-state index contributed by atoms with van der Waals surface area (Å²) < 4.78 is 0. The van der Waals surface area contributed by atoms with Gasteiger partial charge in [-0.05, 0) is 23.8 Å². The third-order valence-electron chi connectivity index (χ3n) is 1.72. The highest BCUT2D eigenvalue weighted by molar-refractivity contribution is 7.80. The lowest BCUT2D eigenvalue weighted by molar-refractivity contribution is 0.893. The lowest BCUT2D eigenvalue weighted by Crippen LogP contribution is -2.31. The zero-order valence-corrected chi connectivity index (χ0v) is 12.3. The number of nitrogen functional groups attached to an aromatic ring is 1. The Morgan fingerprint density at radius 3 is 2.18 bits per heavy atom. The van der Waals surface area contributed by atoms with Gasteiger partial charge in [0.05, 0.1) is 0 Å². The minimum atomic E-state index is 0.628. The molecule has 0 fully saturated rings. The third kappa shape index (κ3) is 8.51. The van der Waals surface area contributed by atoms with Crippen LogP contribution >= 0.6 is 12.2 Å². The van der Waals surface area contributed by atoms with Crippen molar-refractivity contribution in [1.82, 2.24) is 10.6 Å². The molecule has 3 nitrogen and oxygen atoms in total. The van der Waals surface area contributed by atoms with Crippen molar-refractivity contribution in [3.8, 4) is 0 Å². The highest BCUT2D eigenvalue weighted by atomic mass is 32.1. The summed E-state index contributed by atoms with van der Waals surface area (Å²) in [7, 11) is 1.78. The van der Waals surface area contributed by atoms with Crippen molar-refractivity contribution in [2.24, 2.45) is 0 Å². The number of nitrogens with one attached hydrogen (secondary N) is 2. The van der Waals surface area contributed by atoms with Gasteiger partial charge in [0, 0.05) is 19.3 Å². The zero-order valence-electron chi connectivity index (χ0n) is 11.5. The van der Waals surface area contributed by atoms with Crippen molar-refractivity contribution in [2.45, 2.75) is 34.2 Å². The molecule has 0 aliphatic rings. The van der Waals surface area contributed by atoms with Crippen LogP contribution in [0.3, 0.4) is 0 Å². The summed E-state index contributed by atoms with van der Waals surface area (Å²) in [6, 6.07) is 7.71. The van der Waals surface area contributed by atoms with Gasteiger partial charge in [-0.15, -0.1) is 0 Å². The van der Waals surface area contributed by atoms with E-state index in [0.717, 1.165) is 11.3 Å². The van der Waals surface area contributed by atoms with Gasteiger partial charge in [0.15, 0.2) is 5.11 Å². The van der Waals surface area contributed by atoms with Crippen molar-refractivity contribution in [2.75, 3.05) is 12.8 Å². The average Bonchev–Trinajstić information content (AvgIpc) is 2.42. The smallest absolute Gasteiger partial charge is 0.166 e. The van der Waals surface area contributed by atoms with Crippen molar-refractivity contribution >= 4 is 23.0 Å². The summed E-state index contributed by atoms with van der Waals surface area (Å²) in [6.45, 7) is 8.66. The number of para-hydroxylation sites is 1. The molecule has 98 valence electrons. The fourth-order valence-corrected chi connectivity index (χ4v) is 1.03. The molecule has 0 bridgehead atoms. The van der Waals surface area contributed by atoms with Crippen LogP contribution in [0.4, 0.5) is 5.69 Å². The van der Waals surface area contributed by atoms with Gasteiger partial charge < -0.3 is 16.4 Å². The molecule has 0 aromatic heterocycles. The van der Waals surface area contributed by atoms with Crippen LogP contribution < -0.4 is 16.4 Å². The van der Waals surface area contributed by atoms with Gasteiger partial charge in [-0.2, -0.15) is 0 Å². The van der Waals surface area contributed by atoms with E-state index in [1.54, 1.807) is 7.05 Å². The number of benzene rings is 1. The first-order valence-corrected chi connectivity index (χ1v) is 6.44. The third-order valence-corrected chi connectivity index (χ3v) is 2.07. The highest BCUT2D eigenvalue weighted by Crippen LogP contribution is 2.09. The monoisotopic (exact) mass is 255 g/mol. The van der Waals surface area contributed by atoms with Crippen LogP contribution in [-0.4, -0.2) is 12.2 Å². The molecule has 1 aromatic rings. The maximum absolute atomic E-state index is 5.74. The maximum Gasteiger partial charge on any atom is 0.166 e. The first kappa shape index (κ1) is 18.1. The van der Waals surface area contributed by atoms with Crippen molar-refractivity contribution in [1.29, 1.82) is 0 Å². The van der Waals surface area contributed by atoms with E-state index >= 15 is 0 Å². The van der Waals surface area contributed by atoms with Crippen LogP contribution in [0.5, 0.6) is 0 Å². The Balaban J connectivity index is 0. The number of rotatable bonds is 2. The molecule has 0 atom stereocenters. The molecule has 1 rings (SSSR count). The molecule has 4 N–H and O–H groups in total. The Labute approximate surface area is 111 Å². The van der Waals surface area contributed by atoms with Gasteiger partial charge in [0.1, 0.15) is 0 Å². The summed E-state index contributed by atoms with van der Waals surface area (Å²) in [5, 5.41) is 6.49. The van der Waals surface area contributed by atoms with Crippen molar-refractivity contribution < 1.29 is 0 Å². The van der Waals surface area contributed by atoms with Gasteiger partial charge >= 0.3 is 0 Å². The summed E-state index contributed by atoms with van der Waals surface area (Å²) in [5.41, 5.74) is 7.59. The quantitative estimate of drug-likeness (QED) is 0.562. The Morgan fingerprint density at radius 1 is 1.18 bits per heavy atom. The van der Waals surface area contributed by atoms with Gasteiger partial charge in [-0.3, -0.25) is 0 Å². The molecule has 17 heavy (non-hydrogen) atoms. The summed E-state index contributed by atoms with van der Waals surface area (Å²) in [4.78, 5) is 0. The summed E-state index contributed by atoms with van der Waals surface area (Å²) >= 11 is 4.93. The Hall–Kier alpha value is -1.29. The molecular formula is C13H25N3S. The molecule has 0 aliphatic heterocycles. The van der Waals surface area contributed by atoms with E-state index < -0.39 is 0 Å². The summed E-state index contributed by atoms with van der Waals surface area (Å²) in [6.07, 6.45) is 0. The van der Waals surface area contributed by atoms with Crippen LogP contribution in [0.2, 0.25) is 0 Å². The predicted molar refractivity (Wildman–Crippen MR) is 82.0 cm³/mol. The summed E-state index contributed by atoms with van der Waals surface area (Å²) in [5.74, 6) is 0. The predicted octanol–water partition coefficient (Wildman–Crippen LogP) is 2.92. The molecule has 0 unspecified atom stereocenters. The number of nitrogens with two attached hydrogens (primary N) is 1. The topological polar surface area (TPSA) is 50.1 Å². The Kier molecular flexibility index (Phi) is 13.6. The number of hydrogen-bond acceptors (Lipinski definition) is 2. The van der Waals surface area contributed by atoms with Crippen LogP contribution in [0.25, 0.3) is 0 Å². The molecule has 0 saturated carbocycles. The van der Waals surface area contributed by atoms with E-state index in [0.29, 0.717) is 11.7 Å². The second kappa shape index (κ2) is 12.8. The number of anilines is 1. The van der Waals surface area contributed by atoms with Crippen LogP contribution in [0, 0.1) is 0 Å². The van der Waals surface area contributed by atoms with E-state index in [2.05, 4.69) is 10.6 Å². The van der Waals surface area contributed by atoms with Crippen LogP contribution in [-0.2, 0) is 6.54 Å². The van der Waals surface area contributed by atoms with Gasteiger partial charge in [-0.25, -0.2) is 0 Å². The van der Waals surface area contributed by atoms with Crippen molar-refractivity contribution in [3.63, 3.8) is 0 Å². The highest BCUT2D eigenvalue weighted by Gasteiger charge is 1.97. The standard InChI is InChI=1S/C9H13N3S.2C2H6/c1-11-9(13)12-6-7-4-2-3-5-8(7)10;2*1-2/h2-5H,6,10H2,1H3,(H2,11,12,13);2*1-2H3. The number of hydrogen-bond donors (Lipinski definition) is 3. The first-order valence-electron chi connectivity index (χ1n) is 6.03. The fourth-order valence-electron chi connectivity index (χ4n) is 0.959. The molecule has 0 heterocycles. The first-order chi connectivity index (χ1) is 8.24. The molecule has 4 heteroatoms. The molecule has 0 saturated heterocycles. The van der Waals surface area contributed by atoms with Crippen LogP contribution in [0.15, 0.2) is 24.3 Å². The lowest BCUT2D eigenvalue weighted by Gasteiger charge is -2.08. The molecule has 0 amide bonds. The Bertz CT molecular complexity index is 300.